The second-order valence-corrected chi connectivity index (χ2v) is 7.58. The first-order valence-corrected chi connectivity index (χ1v) is 10.5. The highest BCUT2D eigenvalue weighted by Gasteiger charge is 2.23. The number of aldehydes is 1. The molecule has 3 heterocycles. The number of H-pyrrole nitrogens is 2. The zero-order valence-corrected chi connectivity index (χ0v) is 18.6. The first kappa shape index (κ1) is 21.4. The van der Waals surface area contributed by atoms with Crippen LogP contribution in [-0.4, -0.2) is 22.2 Å². The van der Waals surface area contributed by atoms with E-state index in [1.54, 1.807) is 0 Å². The zero-order chi connectivity index (χ0) is 22.0. The summed E-state index contributed by atoms with van der Waals surface area (Å²) < 4.78 is 0. The summed E-state index contributed by atoms with van der Waals surface area (Å²) in [4.78, 5) is 29.9. The van der Waals surface area contributed by atoms with E-state index in [9.17, 15) is 9.59 Å². The maximum atomic E-state index is 12.1. The summed E-state index contributed by atoms with van der Waals surface area (Å²) in [5, 5.41) is 2.97. The van der Waals surface area contributed by atoms with Gasteiger partial charge in [-0.2, -0.15) is 0 Å². The van der Waals surface area contributed by atoms with Gasteiger partial charge in [0.25, 0.3) is 5.91 Å². The van der Waals surface area contributed by atoms with Crippen molar-refractivity contribution in [1.29, 1.82) is 0 Å². The van der Waals surface area contributed by atoms with Crippen LogP contribution in [0, 0.1) is 25.7 Å². The van der Waals surface area contributed by atoms with Crippen molar-refractivity contribution in [2.45, 2.75) is 60.8 Å². The third-order valence-corrected chi connectivity index (χ3v) is 5.97. The van der Waals surface area contributed by atoms with E-state index in [2.05, 4.69) is 47.9 Å². The summed E-state index contributed by atoms with van der Waals surface area (Å²) >= 11 is 0. The van der Waals surface area contributed by atoms with Crippen molar-refractivity contribution in [3.63, 3.8) is 0 Å². The van der Waals surface area contributed by atoms with Crippen molar-refractivity contribution < 1.29 is 9.59 Å². The van der Waals surface area contributed by atoms with Gasteiger partial charge in [-0.25, -0.2) is 0 Å². The normalized spacial score (nSPS) is 14.9. The Balaban J connectivity index is 2.03. The SMILES string of the molecule is CCC1=C(C)C(=O)N/C1=C\c1[nH]c(C#Cc2[nH]c(C=O)c(CC)c2C)c(C)c1CC. The Kier molecular flexibility index (Phi) is 6.17. The summed E-state index contributed by atoms with van der Waals surface area (Å²) in [6, 6.07) is 0. The zero-order valence-electron chi connectivity index (χ0n) is 18.6. The maximum Gasteiger partial charge on any atom is 0.251 e. The lowest BCUT2D eigenvalue weighted by Crippen LogP contribution is -2.15. The van der Waals surface area contributed by atoms with Crippen LogP contribution >= 0.6 is 0 Å². The van der Waals surface area contributed by atoms with E-state index >= 15 is 0 Å². The molecule has 0 spiro atoms. The van der Waals surface area contributed by atoms with E-state index in [0.29, 0.717) is 5.69 Å². The van der Waals surface area contributed by atoms with Crippen LogP contribution in [0.2, 0.25) is 0 Å². The first-order valence-electron chi connectivity index (χ1n) is 10.5. The predicted octanol–water partition coefficient (Wildman–Crippen LogP) is 4.49. The van der Waals surface area contributed by atoms with Crippen LogP contribution in [-0.2, 0) is 17.6 Å². The highest BCUT2D eigenvalue weighted by atomic mass is 16.2. The number of aromatic nitrogens is 2. The van der Waals surface area contributed by atoms with Crippen LogP contribution in [0.1, 0.15) is 83.9 Å². The summed E-state index contributed by atoms with van der Waals surface area (Å²) in [5.74, 6) is 6.41. The fraction of sp³-hybridized carbons (Fsp3) is 0.360. The van der Waals surface area contributed by atoms with Gasteiger partial charge in [0.05, 0.1) is 17.1 Å². The Bertz CT molecular complexity index is 1140. The molecule has 1 amide bonds. The Morgan fingerprint density at radius 3 is 1.83 bits per heavy atom. The molecule has 0 fully saturated rings. The van der Waals surface area contributed by atoms with E-state index in [4.69, 9.17) is 0 Å². The van der Waals surface area contributed by atoms with Crippen molar-refractivity contribution in [2.24, 2.45) is 0 Å². The van der Waals surface area contributed by atoms with E-state index in [0.717, 1.165) is 76.2 Å². The molecule has 1 aliphatic heterocycles. The molecule has 0 radical (unpaired) electrons. The van der Waals surface area contributed by atoms with Gasteiger partial charge < -0.3 is 15.3 Å². The Hall–Kier alpha value is -3.26. The number of carbonyl (C=O) groups excluding carboxylic acids is 2. The average Bonchev–Trinajstić information content (AvgIpc) is 3.31. The first-order chi connectivity index (χ1) is 14.4. The summed E-state index contributed by atoms with van der Waals surface area (Å²) in [6.07, 6.45) is 5.32. The van der Waals surface area contributed by atoms with Crippen LogP contribution in [0.4, 0.5) is 0 Å². The van der Waals surface area contributed by atoms with Gasteiger partial charge >= 0.3 is 0 Å². The molecule has 0 bridgehead atoms. The molecule has 2 aromatic rings. The van der Waals surface area contributed by atoms with E-state index in [1.807, 2.05) is 26.8 Å². The van der Waals surface area contributed by atoms with Gasteiger partial charge in [0.1, 0.15) is 0 Å². The van der Waals surface area contributed by atoms with Crippen molar-refractivity contribution >= 4 is 18.3 Å². The average molecular weight is 404 g/mol. The smallest absolute Gasteiger partial charge is 0.251 e. The van der Waals surface area contributed by atoms with E-state index in [1.165, 1.54) is 5.56 Å². The van der Waals surface area contributed by atoms with Crippen molar-refractivity contribution in [3.8, 4) is 11.8 Å². The highest BCUT2D eigenvalue weighted by molar-refractivity contribution is 6.00. The van der Waals surface area contributed by atoms with Crippen LogP contribution in [0.15, 0.2) is 16.8 Å². The third-order valence-electron chi connectivity index (χ3n) is 5.97. The topological polar surface area (TPSA) is 77.8 Å². The molecule has 0 saturated heterocycles. The second kappa shape index (κ2) is 8.62. The molecule has 5 nitrogen and oxygen atoms in total. The number of nitrogens with one attached hydrogen (secondary N) is 3. The van der Waals surface area contributed by atoms with Crippen molar-refractivity contribution in [2.75, 3.05) is 0 Å². The minimum absolute atomic E-state index is 0.0284. The highest BCUT2D eigenvalue weighted by Crippen LogP contribution is 2.28. The van der Waals surface area contributed by atoms with Gasteiger partial charge in [-0.1, -0.05) is 20.8 Å². The van der Waals surface area contributed by atoms with Gasteiger partial charge in [-0.15, -0.1) is 0 Å². The van der Waals surface area contributed by atoms with Crippen LogP contribution < -0.4 is 5.32 Å². The van der Waals surface area contributed by atoms with Gasteiger partial charge in [-0.05, 0) is 85.8 Å². The molecule has 3 rings (SSSR count). The number of rotatable bonds is 5. The van der Waals surface area contributed by atoms with Gasteiger partial charge in [0, 0.05) is 17.0 Å². The number of carbonyl (C=O) groups is 2. The molecule has 0 unspecified atom stereocenters. The molecule has 2 aromatic heterocycles. The van der Waals surface area contributed by atoms with E-state index in [-0.39, 0.29) is 5.91 Å². The molecule has 3 N–H and O–H groups in total. The number of hydrogen-bond acceptors (Lipinski definition) is 2. The molecule has 0 aliphatic carbocycles. The molecule has 1 aliphatic rings. The monoisotopic (exact) mass is 403 g/mol. The lowest BCUT2D eigenvalue weighted by atomic mass is 10.0. The molecule has 0 aromatic carbocycles. The molecular weight excluding hydrogens is 374 g/mol. The number of allylic oxidation sites excluding steroid dienone is 1. The summed E-state index contributed by atoms with van der Waals surface area (Å²) in [6.45, 7) is 12.1. The Labute approximate surface area is 178 Å². The molecule has 0 atom stereocenters. The van der Waals surface area contributed by atoms with E-state index < -0.39 is 0 Å². The van der Waals surface area contributed by atoms with Crippen LogP contribution in [0.25, 0.3) is 6.08 Å². The molecule has 156 valence electrons. The quantitative estimate of drug-likeness (QED) is 0.508. The molecular formula is C25H29N3O2. The third kappa shape index (κ3) is 3.66. The predicted molar refractivity (Wildman–Crippen MR) is 120 cm³/mol. The van der Waals surface area contributed by atoms with Crippen molar-refractivity contribution in [3.05, 3.63) is 61.9 Å². The fourth-order valence-corrected chi connectivity index (χ4v) is 4.18. The Morgan fingerprint density at radius 1 is 0.833 bits per heavy atom. The molecule has 5 heteroatoms. The van der Waals surface area contributed by atoms with Gasteiger partial charge in [0.2, 0.25) is 0 Å². The van der Waals surface area contributed by atoms with Gasteiger partial charge in [0.15, 0.2) is 6.29 Å². The minimum atomic E-state index is -0.0284. The number of amides is 1. The fourth-order valence-electron chi connectivity index (χ4n) is 4.18. The summed E-state index contributed by atoms with van der Waals surface area (Å²) in [5.41, 5.74) is 10.2. The number of aromatic amines is 2. The van der Waals surface area contributed by atoms with Crippen LogP contribution in [0.5, 0.6) is 0 Å². The number of hydrogen-bond donors (Lipinski definition) is 3. The van der Waals surface area contributed by atoms with Crippen LogP contribution in [0.3, 0.4) is 0 Å². The second-order valence-electron chi connectivity index (χ2n) is 7.58. The molecule has 30 heavy (non-hydrogen) atoms. The molecule has 0 saturated carbocycles. The summed E-state index contributed by atoms with van der Waals surface area (Å²) in [7, 11) is 0. The lowest BCUT2D eigenvalue weighted by Gasteiger charge is -2.04. The minimum Gasteiger partial charge on any atom is -0.348 e. The lowest BCUT2D eigenvalue weighted by molar-refractivity contribution is -0.116. The standard InChI is InChI=1S/C25H29N3O2/c1-7-17-14(4)20(10-11-21-15(5)18(8-2)24(13-29)27-21)26-22(17)12-23-19(9-3)16(6)25(30)28-23/h12-13,26-27H,7-9H2,1-6H3,(H,28,30)/b23-12-. The van der Waals surface area contributed by atoms with Crippen molar-refractivity contribution in [1.82, 2.24) is 15.3 Å². The maximum absolute atomic E-state index is 12.1. The van der Waals surface area contributed by atoms with Gasteiger partial charge in [-0.3, -0.25) is 9.59 Å². The largest absolute Gasteiger partial charge is 0.348 e. The Morgan fingerprint density at radius 2 is 1.37 bits per heavy atom.